The predicted molar refractivity (Wildman–Crippen MR) is 110 cm³/mol. The molecular weight excluding hydrogens is 336 g/mol. The Morgan fingerprint density at radius 1 is 1.00 bits per heavy atom. The predicted octanol–water partition coefficient (Wildman–Crippen LogP) is 3.60. The van der Waals surface area contributed by atoms with Crippen molar-refractivity contribution in [3.8, 4) is 11.3 Å². The highest BCUT2D eigenvalue weighted by Crippen LogP contribution is 2.17. The molecule has 1 heterocycles. The quantitative estimate of drug-likeness (QED) is 0.666. The summed E-state index contributed by atoms with van der Waals surface area (Å²) in [4.78, 5) is 16.2. The second-order valence-corrected chi connectivity index (χ2v) is 6.75. The van der Waals surface area contributed by atoms with E-state index in [0.717, 1.165) is 42.0 Å². The third kappa shape index (κ3) is 5.20. The molecule has 27 heavy (non-hydrogen) atoms. The smallest absolute Gasteiger partial charge is 0.241 e. The summed E-state index contributed by atoms with van der Waals surface area (Å²) in [6.45, 7) is 1.10. The van der Waals surface area contributed by atoms with Gasteiger partial charge in [0.25, 0.3) is 0 Å². The van der Waals surface area contributed by atoms with E-state index >= 15 is 0 Å². The number of likely N-dealkylation sites (N-methyl/N-ethyl adjacent to an activating group) is 2. The molecule has 5 nitrogen and oxygen atoms in total. The van der Waals surface area contributed by atoms with E-state index in [1.54, 1.807) is 4.90 Å². The van der Waals surface area contributed by atoms with Crippen LogP contribution >= 0.6 is 0 Å². The molecule has 0 unspecified atom stereocenters. The second-order valence-electron chi connectivity index (χ2n) is 6.75. The first kappa shape index (κ1) is 18.7. The summed E-state index contributed by atoms with van der Waals surface area (Å²) in [5, 5.41) is 7.48. The molecule has 0 radical (unpaired) electrons. The molecule has 0 saturated heterocycles. The van der Waals surface area contributed by atoms with E-state index < -0.39 is 0 Å². The molecule has 1 N–H and O–H groups in total. The minimum atomic E-state index is 0.121. The highest BCUT2D eigenvalue weighted by molar-refractivity contribution is 5.81. The van der Waals surface area contributed by atoms with E-state index in [0.29, 0.717) is 6.54 Å². The zero-order valence-corrected chi connectivity index (χ0v) is 15.9. The van der Waals surface area contributed by atoms with Crippen molar-refractivity contribution in [2.45, 2.75) is 12.8 Å². The van der Waals surface area contributed by atoms with Crippen molar-refractivity contribution in [2.75, 3.05) is 32.1 Å². The Kier molecular flexibility index (Phi) is 6.26. The normalized spacial score (nSPS) is 10.6. The Morgan fingerprint density at radius 2 is 1.67 bits per heavy atom. The molecule has 0 saturated carbocycles. The number of benzene rings is 2. The van der Waals surface area contributed by atoms with E-state index in [4.69, 9.17) is 0 Å². The number of anilines is 1. The van der Waals surface area contributed by atoms with E-state index in [1.807, 2.05) is 67.5 Å². The number of hydrogen-bond donors (Lipinski definition) is 1. The monoisotopic (exact) mass is 362 g/mol. The molecule has 0 aliphatic carbocycles. The number of aromatic amines is 1. The van der Waals surface area contributed by atoms with Gasteiger partial charge in [0.15, 0.2) is 0 Å². The fraction of sp³-hybridized carbons (Fsp3) is 0.273. The first-order chi connectivity index (χ1) is 13.1. The Bertz CT molecular complexity index is 845. The summed E-state index contributed by atoms with van der Waals surface area (Å²) < 4.78 is 0. The Balaban J connectivity index is 1.45. The van der Waals surface area contributed by atoms with Crippen LogP contribution in [-0.2, 0) is 11.2 Å². The average molecular weight is 362 g/mol. The van der Waals surface area contributed by atoms with Gasteiger partial charge in [0.2, 0.25) is 5.91 Å². The van der Waals surface area contributed by atoms with E-state index in [1.165, 1.54) is 0 Å². The van der Waals surface area contributed by atoms with Crippen molar-refractivity contribution in [3.05, 3.63) is 72.4 Å². The number of H-pyrrole nitrogens is 1. The van der Waals surface area contributed by atoms with Crippen molar-refractivity contribution >= 4 is 11.6 Å². The summed E-state index contributed by atoms with van der Waals surface area (Å²) in [6.07, 6.45) is 1.76. The van der Waals surface area contributed by atoms with Crippen LogP contribution in [0.15, 0.2) is 66.7 Å². The maximum Gasteiger partial charge on any atom is 0.241 e. The van der Waals surface area contributed by atoms with Gasteiger partial charge in [0, 0.05) is 37.6 Å². The molecule has 1 aromatic heterocycles. The number of aryl methyl sites for hydroxylation is 1. The summed E-state index contributed by atoms with van der Waals surface area (Å²) in [5.41, 5.74) is 4.21. The van der Waals surface area contributed by atoms with Crippen molar-refractivity contribution < 1.29 is 4.79 Å². The van der Waals surface area contributed by atoms with Gasteiger partial charge >= 0.3 is 0 Å². The van der Waals surface area contributed by atoms with Crippen LogP contribution in [0.3, 0.4) is 0 Å². The largest absolute Gasteiger partial charge is 0.365 e. The zero-order chi connectivity index (χ0) is 19.1. The summed E-state index contributed by atoms with van der Waals surface area (Å²) in [5.74, 6) is 0.121. The molecule has 0 spiro atoms. The minimum absolute atomic E-state index is 0.121. The van der Waals surface area contributed by atoms with Gasteiger partial charge in [-0.05, 0) is 31.0 Å². The van der Waals surface area contributed by atoms with Crippen LogP contribution in [0.2, 0.25) is 0 Å². The lowest BCUT2D eigenvalue weighted by Crippen LogP contribution is -2.37. The van der Waals surface area contributed by atoms with Crippen LogP contribution in [0.25, 0.3) is 11.3 Å². The molecule has 0 atom stereocenters. The van der Waals surface area contributed by atoms with Crippen molar-refractivity contribution in [2.24, 2.45) is 0 Å². The number of hydrogen-bond acceptors (Lipinski definition) is 3. The number of para-hydroxylation sites is 1. The molecule has 3 rings (SSSR count). The highest BCUT2D eigenvalue weighted by atomic mass is 16.2. The maximum absolute atomic E-state index is 12.4. The molecule has 0 aliphatic heterocycles. The topological polar surface area (TPSA) is 52.2 Å². The van der Waals surface area contributed by atoms with Crippen LogP contribution in [0, 0.1) is 0 Å². The van der Waals surface area contributed by atoms with Crippen molar-refractivity contribution in [1.82, 2.24) is 15.1 Å². The number of nitrogens with zero attached hydrogens (tertiary/aromatic N) is 3. The molecule has 0 aliphatic rings. The lowest BCUT2D eigenvalue weighted by Gasteiger charge is -2.23. The van der Waals surface area contributed by atoms with E-state index in [2.05, 4.69) is 28.4 Å². The first-order valence-electron chi connectivity index (χ1n) is 9.23. The van der Waals surface area contributed by atoms with E-state index in [9.17, 15) is 4.79 Å². The second kappa shape index (κ2) is 9.03. The molecule has 0 bridgehead atoms. The summed E-state index contributed by atoms with van der Waals surface area (Å²) in [6, 6.07) is 22.2. The van der Waals surface area contributed by atoms with E-state index in [-0.39, 0.29) is 5.91 Å². The zero-order valence-electron chi connectivity index (χ0n) is 15.9. The Labute approximate surface area is 160 Å². The molecule has 140 valence electrons. The molecule has 3 aromatic rings. The van der Waals surface area contributed by atoms with Crippen molar-refractivity contribution in [3.63, 3.8) is 0 Å². The lowest BCUT2D eigenvalue weighted by molar-refractivity contribution is -0.128. The molecule has 5 heteroatoms. The van der Waals surface area contributed by atoms with Crippen molar-refractivity contribution in [1.29, 1.82) is 0 Å². The SMILES string of the molecule is CN(CCCc1cc(-c2ccccc2)n[nH]1)C(=O)CN(C)c1ccccc1. The number of aromatic nitrogens is 2. The van der Waals surface area contributed by atoms with Gasteiger partial charge < -0.3 is 9.80 Å². The van der Waals surface area contributed by atoms with Gasteiger partial charge in [-0.3, -0.25) is 9.89 Å². The summed E-state index contributed by atoms with van der Waals surface area (Å²) in [7, 11) is 3.81. The van der Waals surface area contributed by atoms with Gasteiger partial charge in [-0.15, -0.1) is 0 Å². The number of carbonyl (C=O) groups excluding carboxylic acids is 1. The minimum Gasteiger partial charge on any atom is -0.365 e. The lowest BCUT2D eigenvalue weighted by atomic mass is 10.1. The molecule has 2 aromatic carbocycles. The number of amides is 1. The number of rotatable bonds is 8. The van der Waals surface area contributed by atoms with Crippen LogP contribution in [-0.4, -0.2) is 48.2 Å². The molecule has 1 amide bonds. The third-order valence-electron chi connectivity index (χ3n) is 4.64. The molecule has 0 fully saturated rings. The summed E-state index contributed by atoms with van der Waals surface area (Å²) >= 11 is 0. The maximum atomic E-state index is 12.4. The van der Waals surface area contributed by atoms with Gasteiger partial charge in [-0.1, -0.05) is 48.5 Å². The first-order valence-corrected chi connectivity index (χ1v) is 9.23. The molecular formula is C22H26N4O. The van der Waals surface area contributed by atoms with Crippen LogP contribution in [0.4, 0.5) is 5.69 Å². The standard InChI is InChI=1S/C22H26N4O/c1-25(22(27)17-26(2)20-13-7-4-8-14-20)15-9-12-19-16-21(24-23-19)18-10-5-3-6-11-18/h3-8,10-11,13-14,16H,9,12,15,17H2,1-2H3,(H,23,24). The number of carbonyl (C=O) groups is 1. The van der Waals surface area contributed by atoms with Gasteiger partial charge in [-0.2, -0.15) is 5.10 Å². The van der Waals surface area contributed by atoms with Crippen LogP contribution in [0.5, 0.6) is 0 Å². The highest BCUT2D eigenvalue weighted by Gasteiger charge is 2.12. The fourth-order valence-corrected chi connectivity index (χ4v) is 2.98. The van der Waals surface area contributed by atoms with Gasteiger partial charge in [-0.25, -0.2) is 0 Å². The third-order valence-corrected chi connectivity index (χ3v) is 4.64. The van der Waals surface area contributed by atoms with Gasteiger partial charge in [0.1, 0.15) is 0 Å². The Hall–Kier alpha value is -3.08. The van der Waals surface area contributed by atoms with Gasteiger partial charge in [0.05, 0.1) is 12.2 Å². The number of nitrogens with one attached hydrogen (secondary N) is 1. The fourth-order valence-electron chi connectivity index (χ4n) is 2.98. The van der Waals surface area contributed by atoms with Crippen LogP contribution < -0.4 is 4.90 Å². The van der Waals surface area contributed by atoms with Crippen LogP contribution in [0.1, 0.15) is 12.1 Å². The average Bonchev–Trinajstić information content (AvgIpc) is 3.18. The Morgan fingerprint density at radius 3 is 2.37 bits per heavy atom.